The molecule has 6 rings (SSSR count). The van der Waals surface area contributed by atoms with Crippen molar-refractivity contribution in [3.8, 4) is 27.7 Å². The van der Waals surface area contributed by atoms with Crippen LogP contribution in [-0.2, 0) is 10.0 Å². The van der Waals surface area contributed by atoms with Crippen molar-refractivity contribution in [1.29, 1.82) is 0 Å². The normalized spacial score (nSPS) is 11.8. The number of ether oxygens (including phenoxy) is 1. The SMILES string of the molecule is COc1ncc(-c2nn3cc(-c4cnc5ccccc5c4)nc3s2)cc1NS(=O)(=O)c1ccc(F)cc1F. The minimum Gasteiger partial charge on any atom is -0.480 e. The summed E-state index contributed by atoms with van der Waals surface area (Å²) >= 11 is 1.27. The van der Waals surface area contributed by atoms with Crippen molar-refractivity contribution in [2.75, 3.05) is 11.8 Å². The summed E-state index contributed by atoms with van der Waals surface area (Å²) in [6.45, 7) is 0. The van der Waals surface area contributed by atoms with Gasteiger partial charge in [-0.05, 0) is 30.3 Å². The first-order valence-electron chi connectivity index (χ1n) is 11.0. The third-order valence-electron chi connectivity index (χ3n) is 5.65. The van der Waals surface area contributed by atoms with Crippen molar-refractivity contribution in [2.45, 2.75) is 4.90 Å². The summed E-state index contributed by atoms with van der Waals surface area (Å²) in [6, 6.07) is 13.5. The predicted molar refractivity (Wildman–Crippen MR) is 139 cm³/mol. The van der Waals surface area contributed by atoms with E-state index in [2.05, 4.69) is 24.8 Å². The van der Waals surface area contributed by atoms with Gasteiger partial charge in [-0.15, -0.1) is 0 Å². The molecule has 9 nitrogen and oxygen atoms in total. The van der Waals surface area contributed by atoms with Gasteiger partial charge in [0.05, 0.1) is 24.5 Å². The van der Waals surface area contributed by atoms with E-state index in [9.17, 15) is 17.2 Å². The number of pyridine rings is 2. The first-order valence-corrected chi connectivity index (χ1v) is 13.3. The lowest BCUT2D eigenvalue weighted by molar-refractivity contribution is 0.400. The molecule has 0 saturated carbocycles. The number of rotatable bonds is 6. The first-order chi connectivity index (χ1) is 18.3. The molecule has 0 aliphatic rings. The molecule has 0 amide bonds. The number of para-hydroxylation sites is 1. The molecular weight excluding hydrogens is 534 g/mol. The molecule has 0 unspecified atom stereocenters. The zero-order valence-electron chi connectivity index (χ0n) is 19.5. The third-order valence-corrected chi connectivity index (χ3v) is 8.02. The van der Waals surface area contributed by atoms with Crippen LogP contribution in [0.5, 0.6) is 5.88 Å². The fourth-order valence-electron chi connectivity index (χ4n) is 3.86. The van der Waals surface area contributed by atoms with Gasteiger partial charge in [0.25, 0.3) is 10.0 Å². The molecule has 0 atom stereocenters. The van der Waals surface area contributed by atoms with E-state index in [0.29, 0.717) is 27.3 Å². The zero-order valence-corrected chi connectivity index (χ0v) is 21.1. The van der Waals surface area contributed by atoms with Crippen molar-refractivity contribution >= 4 is 42.9 Å². The Morgan fingerprint density at radius 2 is 1.82 bits per heavy atom. The number of sulfonamides is 1. The quantitative estimate of drug-likeness (QED) is 0.305. The highest BCUT2D eigenvalue weighted by molar-refractivity contribution is 7.92. The summed E-state index contributed by atoms with van der Waals surface area (Å²) in [5.41, 5.74) is 2.88. The van der Waals surface area contributed by atoms with Crippen LogP contribution in [0.15, 0.2) is 78.1 Å². The number of nitrogens with one attached hydrogen (secondary N) is 1. The van der Waals surface area contributed by atoms with E-state index >= 15 is 0 Å². The van der Waals surface area contributed by atoms with E-state index in [1.165, 1.54) is 30.7 Å². The summed E-state index contributed by atoms with van der Waals surface area (Å²) in [5.74, 6) is -2.15. The standard InChI is InChI=1S/C25H16F2N6O3S2/c1-36-23-20(32-38(34,35)22-7-6-17(26)10-18(22)27)9-16(12-29-23)24-31-33-13-21(30-25(33)37-24)15-8-14-4-2-3-5-19(14)28-11-15/h2-13,32H,1H3. The second-order valence-electron chi connectivity index (χ2n) is 8.14. The number of fused-ring (bicyclic) bond motifs is 2. The molecule has 6 aromatic rings. The number of imidazole rings is 1. The average Bonchev–Trinajstić information content (AvgIpc) is 3.48. The van der Waals surface area contributed by atoms with E-state index < -0.39 is 26.6 Å². The summed E-state index contributed by atoms with van der Waals surface area (Å²) in [5, 5.41) is 6.07. The number of aromatic nitrogens is 5. The highest BCUT2D eigenvalue weighted by Crippen LogP contribution is 2.33. The van der Waals surface area contributed by atoms with Gasteiger partial charge in [0.15, 0.2) is 0 Å². The molecule has 38 heavy (non-hydrogen) atoms. The lowest BCUT2D eigenvalue weighted by atomic mass is 10.1. The highest BCUT2D eigenvalue weighted by Gasteiger charge is 2.23. The van der Waals surface area contributed by atoms with Crippen LogP contribution < -0.4 is 9.46 Å². The van der Waals surface area contributed by atoms with E-state index in [1.54, 1.807) is 16.9 Å². The number of halogens is 2. The van der Waals surface area contributed by atoms with Gasteiger partial charge in [-0.25, -0.2) is 31.7 Å². The van der Waals surface area contributed by atoms with Crippen LogP contribution in [0.3, 0.4) is 0 Å². The summed E-state index contributed by atoms with van der Waals surface area (Å²) in [6.07, 6.45) is 5.01. The van der Waals surface area contributed by atoms with Crippen molar-refractivity contribution in [3.63, 3.8) is 0 Å². The predicted octanol–water partition coefficient (Wildman–Crippen LogP) is 5.16. The summed E-state index contributed by atoms with van der Waals surface area (Å²) in [7, 11) is -3.09. The smallest absolute Gasteiger partial charge is 0.264 e. The molecular formula is C25H16F2N6O3S2. The topological polar surface area (TPSA) is 111 Å². The van der Waals surface area contributed by atoms with Crippen LogP contribution >= 0.6 is 11.3 Å². The van der Waals surface area contributed by atoms with Crippen LogP contribution in [0.2, 0.25) is 0 Å². The van der Waals surface area contributed by atoms with Crippen LogP contribution in [0.25, 0.3) is 37.7 Å². The van der Waals surface area contributed by atoms with Crippen molar-refractivity contribution in [3.05, 3.63) is 84.8 Å². The Balaban J connectivity index is 1.33. The molecule has 0 aliphatic carbocycles. The molecule has 4 aromatic heterocycles. The molecule has 4 heterocycles. The van der Waals surface area contributed by atoms with Gasteiger partial charge >= 0.3 is 0 Å². The highest BCUT2D eigenvalue weighted by atomic mass is 32.2. The number of benzene rings is 2. The van der Waals surface area contributed by atoms with Gasteiger partial charge in [-0.3, -0.25) is 9.71 Å². The largest absolute Gasteiger partial charge is 0.480 e. The minimum atomic E-state index is -4.41. The van der Waals surface area contributed by atoms with E-state index in [1.807, 2.05) is 30.3 Å². The van der Waals surface area contributed by atoms with Crippen LogP contribution in [0.4, 0.5) is 14.5 Å². The number of nitrogens with zero attached hydrogens (tertiary/aromatic N) is 5. The third kappa shape index (κ3) is 4.31. The minimum absolute atomic E-state index is 0.0349. The Morgan fingerprint density at radius 3 is 2.61 bits per heavy atom. The first kappa shape index (κ1) is 23.9. The van der Waals surface area contributed by atoms with Gasteiger partial charge in [0.2, 0.25) is 10.8 Å². The van der Waals surface area contributed by atoms with Crippen molar-refractivity contribution < 1.29 is 21.9 Å². The number of methoxy groups -OCH3 is 1. The average molecular weight is 551 g/mol. The second kappa shape index (κ2) is 9.11. The van der Waals surface area contributed by atoms with Crippen LogP contribution in [-0.4, -0.2) is 40.1 Å². The van der Waals surface area contributed by atoms with Crippen LogP contribution in [0, 0.1) is 11.6 Å². The van der Waals surface area contributed by atoms with E-state index in [0.717, 1.165) is 28.6 Å². The van der Waals surface area contributed by atoms with Gasteiger partial charge in [-0.1, -0.05) is 29.5 Å². The molecule has 0 aliphatic heterocycles. The lowest BCUT2D eigenvalue weighted by Crippen LogP contribution is -2.15. The summed E-state index contributed by atoms with van der Waals surface area (Å²) in [4.78, 5) is 13.2. The Hall–Kier alpha value is -4.49. The molecule has 0 radical (unpaired) electrons. The Bertz CT molecular complexity index is 1920. The molecule has 0 bridgehead atoms. The maximum Gasteiger partial charge on any atom is 0.264 e. The second-order valence-corrected chi connectivity index (χ2v) is 10.7. The molecule has 0 fully saturated rings. The molecule has 0 spiro atoms. The Morgan fingerprint density at radius 1 is 1.00 bits per heavy atom. The monoisotopic (exact) mass is 550 g/mol. The molecule has 2 aromatic carbocycles. The fraction of sp³-hybridized carbons (Fsp3) is 0.0400. The Labute approximate surface area is 218 Å². The molecule has 1 N–H and O–H groups in total. The fourth-order valence-corrected chi connectivity index (χ4v) is 5.84. The Kier molecular flexibility index (Phi) is 5.73. The van der Waals surface area contributed by atoms with Gasteiger partial charge in [-0.2, -0.15) is 5.10 Å². The number of anilines is 1. The number of hydrogen-bond donors (Lipinski definition) is 1. The molecule has 190 valence electrons. The van der Waals surface area contributed by atoms with E-state index in [-0.39, 0.29) is 11.6 Å². The maximum atomic E-state index is 14.2. The van der Waals surface area contributed by atoms with Gasteiger partial charge in [0, 0.05) is 35.0 Å². The van der Waals surface area contributed by atoms with Crippen molar-refractivity contribution in [1.82, 2.24) is 24.6 Å². The molecule has 0 saturated heterocycles. The van der Waals surface area contributed by atoms with Crippen LogP contribution in [0.1, 0.15) is 0 Å². The molecule has 13 heteroatoms. The maximum absolute atomic E-state index is 14.2. The van der Waals surface area contributed by atoms with Gasteiger partial charge in [0.1, 0.15) is 27.2 Å². The number of hydrogen-bond acceptors (Lipinski definition) is 8. The van der Waals surface area contributed by atoms with E-state index in [4.69, 9.17) is 4.74 Å². The van der Waals surface area contributed by atoms with Crippen molar-refractivity contribution in [2.24, 2.45) is 0 Å². The summed E-state index contributed by atoms with van der Waals surface area (Å²) < 4.78 is 62.1. The zero-order chi connectivity index (χ0) is 26.4. The van der Waals surface area contributed by atoms with Gasteiger partial charge < -0.3 is 4.74 Å². The lowest BCUT2D eigenvalue weighted by Gasteiger charge is -2.12.